The number of hydrogen-bond donors (Lipinski definition) is 3. The summed E-state index contributed by atoms with van der Waals surface area (Å²) >= 11 is 0. The lowest BCUT2D eigenvalue weighted by molar-refractivity contribution is 0.550. The van der Waals surface area contributed by atoms with E-state index < -0.39 is 55.0 Å². The van der Waals surface area contributed by atoms with Gasteiger partial charge < -0.3 is 0 Å². The van der Waals surface area contributed by atoms with Crippen molar-refractivity contribution in [2.75, 3.05) is 4.72 Å². The van der Waals surface area contributed by atoms with Crippen molar-refractivity contribution in [2.24, 2.45) is 0 Å². The molecule has 2 aromatic carbocycles. The number of sulfonamides is 1. The molecule has 0 fully saturated rings. The summed E-state index contributed by atoms with van der Waals surface area (Å²) in [4.78, 5) is 14.7. The Morgan fingerprint density at radius 2 is 1.72 bits per heavy atom. The van der Waals surface area contributed by atoms with Gasteiger partial charge >= 0.3 is 0 Å². The zero-order valence-electron chi connectivity index (χ0n) is 15.6. The molecule has 0 saturated heterocycles. The van der Waals surface area contributed by atoms with E-state index in [1.807, 2.05) is 0 Å². The average molecular weight is 462 g/mol. The number of nitrogens with one attached hydrogen (secondary N) is 3. The highest BCUT2D eigenvalue weighted by Gasteiger charge is 2.22. The predicted molar refractivity (Wildman–Crippen MR) is 106 cm³/mol. The normalized spacial score (nSPS) is 11.2. The van der Waals surface area contributed by atoms with Gasteiger partial charge in [0, 0.05) is 17.8 Å². The van der Waals surface area contributed by atoms with Crippen molar-refractivity contribution < 1.29 is 26.0 Å². The van der Waals surface area contributed by atoms with Gasteiger partial charge in [0.1, 0.15) is 22.3 Å². The molecule has 0 bridgehead atoms. The van der Waals surface area contributed by atoms with Crippen LogP contribution in [0, 0.1) is 35.1 Å². The summed E-state index contributed by atoms with van der Waals surface area (Å²) in [6.07, 6.45) is 1.26. The summed E-state index contributed by atoms with van der Waals surface area (Å²) < 4.78 is 82.4. The van der Waals surface area contributed by atoms with Gasteiger partial charge in [-0.25, -0.2) is 31.0 Å². The van der Waals surface area contributed by atoms with Gasteiger partial charge in [-0.15, -0.1) is 0 Å². The smallest absolute Gasteiger partial charge is 0.273 e. The Labute approximate surface area is 177 Å². The number of halogens is 4. The van der Waals surface area contributed by atoms with Crippen molar-refractivity contribution in [3.63, 3.8) is 0 Å². The highest BCUT2D eigenvalue weighted by atomic mass is 32.2. The molecule has 3 N–H and O–H groups in total. The molecule has 4 rings (SSSR count). The Morgan fingerprint density at radius 3 is 2.47 bits per heavy atom. The lowest BCUT2D eigenvalue weighted by atomic mass is 10.1. The van der Waals surface area contributed by atoms with E-state index in [9.17, 15) is 30.8 Å². The number of pyridine rings is 1. The molecule has 0 saturated carbocycles. The van der Waals surface area contributed by atoms with Crippen molar-refractivity contribution in [3.05, 3.63) is 87.3 Å². The maximum absolute atomic E-state index is 14.8. The van der Waals surface area contributed by atoms with Crippen LogP contribution in [0.2, 0.25) is 0 Å². The maximum Gasteiger partial charge on any atom is 0.273 e. The third kappa shape index (κ3) is 3.93. The molecule has 0 atom stereocenters. The summed E-state index contributed by atoms with van der Waals surface area (Å²) in [5.74, 6) is -0.130. The van der Waals surface area contributed by atoms with Crippen LogP contribution in [-0.2, 0) is 10.0 Å². The van der Waals surface area contributed by atoms with Crippen molar-refractivity contribution in [1.29, 1.82) is 0 Å². The van der Waals surface area contributed by atoms with E-state index in [4.69, 9.17) is 0 Å². The zero-order chi connectivity index (χ0) is 23.0. The molecule has 0 amide bonds. The quantitative estimate of drug-likeness (QED) is 0.321. The maximum atomic E-state index is 14.8. The Bertz CT molecular complexity index is 1600. The monoisotopic (exact) mass is 462 g/mol. The van der Waals surface area contributed by atoms with Crippen molar-refractivity contribution in [2.45, 2.75) is 4.90 Å². The number of hydrogen-bond acceptors (Lipinski definition) is 4. The van der Waals surface area contributed by atoms with E-state index in [-0.39, 0.29) is 16.6 Å². The minimum Gasteiger partial charge on any atom is -0.281 e. The lowest BCUT2D eigenvalue weighted by Crippen LogP contribution is -2.16. The molecular formula is C20H10F4N4O3S. The highest BCUT2D eigenvalue weighted by molar-refractivity contribution is 7.92. The van der Waals surface area contributed by atoms with Gasteiger partial charge in [0.05, 0.1) is 16.6 Å². The number of benzene rings is 2. The average Bonchev–Trinajstić information content (AvgIpc) is 3.10. The molecule has 4 aromatic rings. The number of H-pyrrole nitrogens is 2. The first-order valence-corrected chi connectivity index (χ1v) is 10.2. The molecule has 0 aliphatic heterocycles. The van der Waals surface area contributed by atoms with Gasteiger partial charge in [-0.3, -0.25) is 19.7 Å². The van der Waals surface area contributed by atoms with Crippen LogP contribution in [0.5, 0.6) is 0 Å². The highest BCUT2D eigenvalue weighted by Crippen LogP contribution is 2.25. The molecule has 7 nitrogen and oxygen atoms in total. The molecule has 0 radical (unpaired) electrons. The topological polar surface area (TPSA) is 108 Å². The van der Waals surface area contributed by atoms with Gasteiger partial charge in [0.2, 0.25) is 0 Å². The predicted octanol–water partition coefficient (Wildman–Crippen LogP) is 3.01. The van der Waals surface area contributed by atoms with Gasteiger partial charge in [-0.05, 0) is 30.3 Å². The van der Waals surface area contributed by atoms with Crippen molar-refractivity contribution in [1.82, 2.24) is 15.2 Å². The molecule has 32 heavy (non-hydrogen) atoms. The van der Waals surface area contributed by atoms with Crippen LogP contribution < -0.4 is 10.3 Å². The van der Waals surface area contributed by atoms with Gasteiger partial charge in [0.25, 0.3) is 15.6 Å². The molecule has 162 valence electrons. The fourth-order valence-corrected chi connectivity index (χ4v) is 3.88. The first-order chi connectivity index (χ1) is 15.2. The van der Waals surface area contributed by atoms with E-state index in [1.165, 1.54) is 12.3 Å². The Morgan fingerprint density at radius 1 is 0.938 bits per heavy atom. The van der Waals surface area contributed by atoms with Crippen LogP contribution in [0.25, 0.3) is 11.0 Å². The van der Waals surface area contributed by atoms with Gasteiger partial charge in [-0.1, -0.05) is 11.8 Å². The van der Waals surface area contributed by atoms with Crippen LogP contribution in [0.4, 0.5) is 23.2 Å². The van der Waals surface area contributed by atoms with Crippen LogP contribution >= 0.6 is 0 Å². The van der Waals surface area contributed by atoms with Crippen LogP contribution in [0.3, 0.4) is 0 Å². The number of aromatic nitrogens is 3. The second-order valence-electron chi connectivity index (χ2n) is 6.41. The molecule has 0 spiro atoms. The summed E-state index contributed by atoms with van der Waals surface area (Å²) in [6, 6.07) is 4.65. The second kappa shape index (κ2) is 7.86. The van der Waals surface area contributed by atoms with E-state index in [1.54, 1.807) is 4.72 Å². The third-order valence-corrected chi connectivity index (χ3v) is 5.68. The third-order valence-electron chi connectivity index (χ3n) is 4.28. The van der Waals surface area contributed by atoms with E-state index in [0.717, 1.165) is 18.2 Å². The minimum atomic E-state index is -4.66. The van der Waals surface area contributed by atoms with Crippen LogP contribution in [0.1, 0.15) is 11.1 Å². The SMILES string of the molecule is O=c1[nH][nH]c2ncc(C#Cc3c(F)ccc(NS(=O)(=O)c4ccc(F)cc4F)c3F)cc12. The molecule has 0 aliphatic carbocycles. The lowest BCUT2D eigenvalue weighted by Gasteiger charge is -2.11. The molecular weight excluding hydrogens is 452 g/mol. The van der Waals surface area contributed by atoms with Crippen molar-refractivity contribution in [3.8, 4) is 11.8 Å². The summed E-state index contributed by atoms with van der Waals surface area (Å²) in [6.45, 7) is 0. The first-order valence-electron chi connectivity index (χ1n) is 8.70. The first kappa shape index (κ1) is 21.1. The fraction of sp³-hybridized carbons (Fsp3) is 0. The molecule has 2 aromatic heterocycles. The van der Waals surface area contributed by atoms with Gasteiger partial charge in [0.15, 0.2) is 11.5 Å². The number of aromatic amines is 2. The van der Waals surface area contributed by atoms with E-state index >= 15 is 0 Å². The Balaban J connectivity index is 1.71. The summed E-state index contributed by atoms with van der Waals surface area (Å²) in [5, 5.41) is 5.03. The van der Waals surface area contributed by atoms with Crippen LogP contribution in [0.15, 0.2) is 52.3 Å². The summed E-state index contributed by atoms with van der Waals surface area (Å²) in [7, 11) is -4.66. The largest absolute Gasteiger partial charge is 0.281 e. The van der Waals surface area contributed by atoms with Gasteiger partial charge in [-0.2, -0.15) is 0 Å². The molecule has 0 unspecified atom stereocenters. The number of fused-ring (bicyclic) bond motifs is 1. The Hall–Kier alpha value is -4.11. The molecule has 12 heteroatoms. The van der Waals surface area contributed by atoms with Crippen molar-refractivity contribution >= 4 is 26.7 Å². The van der Waals surface area contributed by atoms with Crippen LogP contribution in [-0.4, -0.2) is 23.6 Å². The fourth-order valence-electron chi connectivity index (χ4n) is 2.76. The standard InChI is InChI=1S/C20H10F4N4O3S/c21-11-2-6-17(15(23)8-11)32(30,31)28-16-5-4-14(22)12(18(16)24)3-1-10-7-13-19(25-9-10)26-27-20(13)29/h2,4-9,28H,(H2,25,26,27,29). The van der Waals surface area contributed by atoms with E-state index in [2.05, 4.69) is 27.0 Å². The molecule has 0 aliphatic rings. The zero-order valence-corrected chi connectivity index (χ0v) is 16.5. The number of nitrogens with zero attached hydrogens (tertiary/aromatic N) is 1. The van der Waals surface area contributed by atoms with E-state index in [0.29, 0.717) is 12.1 Å². The molecule has 2 heterocycles. The number of rotatable bonds is 3. The number of anilines is 1. The minimum absolute atomic E-state index is 0.167. The Kier molecular flexibility index (Phi) is 5.19. The second-order valence-corrected chi connectivity index (χ2v) is 8.06. The summed E-state index contributed by atoms with van der Waals surface area (Å²) in [5.41, 5.74) is -1.50.